The summed E-state index contributed by atoms with van der Waals surface area (Å²) in [5.74, 6) is 1.07. The van der Waals surface area contributed by atoms with Crippen molar-refractivity contribution >= 4 is 5.97 Å². The number of rotatable bonds is 3. The molecule has 0 atom stereocenters. The van der Waals surface area contributed by atoms with Crippen LogP contribution in [0.25, 0.3) is 0 Å². The van der Waals surface area contributed by atoms with Gasteiger partial charge in [-0.1, -0.05) is 12.2 Å². The molecule has 0 spiro atoms. The Morgan fingerprint density at radius 1 is 1.33 bits per heavy atom. The van der Waals surface area contributed by atoms with E-state index in [4.69, 9.17) is 9.15 Å². The molecule has 0 aliphatic carbocycles. The zero-order valence-electron chi connectivity index (χ0n) is 9.59. The van der Waals surface area contributed by atoms with Crippen molar-refractivity contribution in [3.8, 4) is 0 Å². The van der Waals surface area contributed by atoms with Gasteiger partial charge in [0.1, 0.15) is 23.7 Å². The zero-order chi connectivity index (χ0) is 11.4. The lowest BCUT2D eigenvalue weighted by molar-refractivity contribution is 0.0547. The Labute approximate surface area is 89.7 Å². The quantitative estimate of drug-likeness (QED) is 0.566. The Hall–Kier alpha value is -1.51. The SMILES string of the molecule is C/C=C/COC(=O)c1c(C)oc(C)c1C. The molecule has 15 heavy (non-hydrogen) atoms. The second-order valence-electron chi connectivity index (χ2n) is 3.38. The molecule has 0 aliphatic heterocycles. The van der Waals surface area contributed by atoms with E-state index in [-0.39, 0.29) is 5.97 Å². The molecule has 0 aliphatic rings. The van der Waals surface area contributed by atoms with Crippen LogP contribution in [0.15, 0.2) is 16.6 Å². The number of hydrogen-bond donors (Lipinski definition) is 0. The number of allylic oxidation sites excluding steroid dienone is 1. The molecule has 0 aromatic carbocycles. The van der Waals surface area contributed by atoms with E-state index in [0.717, 1.165) is 11.3 Å². The van der Waals surface area contributed by atoms with Crippen LogP contribution in [0.2, 0.25) is 0 Å². The molecule has 1 heterocycles. The Morgan fingerprint density at radius 2 is 2.00 bits per heavy atom. The molecule has 0 saturated carbocycles. The van der Waals surface area contributed by atoms with Crippen molar-refractivity contribution in [2.45, 2.75) is 27.7 Å². The molecule has 0 unspecified atom stereocenters. The third kappa shape index (κ3) is 2.49. The first-order valence-corrected chi connectivity index (χ1v) is 4.92. The number of ether oxygens (including phenoxy) is 1. The van der Waals surface area contributed by atoms with E-state index in [0.29, 0.717) is 17.9 Å². The van der Waals surface area contributed by atoms with Crippen LogP contribution in [0.3, 0.4) is 0 Å². The molecular weight excluding hydrogens is 192 g/mol. The molecule has 0 N–H and O–H groups in total. The number of carbonyl (C=O) groups excluding carboxylic acids is 1. The first-order chi connectivity index (χ1) is 7.07. The van der Waals surface area contributed by atoms with Gasteiger partial charge in [-0.05, 0) is 27.7 Å². The predicted octanol–water partition coefficient (Wildman–Crippen LogP) is 2.94. The van der Waals surface area contributed by atoms with Gasteiger partial charge < -0.3 is 9.15 Å². The van der Waals surface area contributed by atoms with Crippen molar-refractivity contribution in [2.24, 2.45) is 0 Å². The molecule has 0 saturated heterocycles. The monoisotopic (exact) mass is 208 g/mol. The van der Waals surface area contributed by atoms with Crippen LogP contribution in [0.1, 0.15) is 34.4 Å². The molecule has 0 radical (unpaired) electrons. The van der Waals surface area contributed by atoms with Crippen molar-refractivity contribution in [3.63, 3.8) is 0 Å². The maximum Gasteiger partial charge on any atom is 0.342 e. The van der Waals surface area contributed by atoms with E-state index in [9.17, 15) is 4.79 Å². The normalized spacial score (nSPS) is 10.9. The largest absolute Gasteiger partial charge is 0.465 e. The van der Waals surface area contributed by atoms with E-state index in [1.54, 1.807) is 13.0 Å². The van der Waals surface area contributed by atoms with Gasteiger partial charge in [-0.25, -0.2) is 4.79 Å². The van der Waals surface area contributed by atoms with Crippen LogP contribution in [0.4, 0.5) is 0 Å². The molecule has 0 fully saturated rings. The van der Waals surface area contributed by atoms with Gasteiger partial charge >= 0.3 is 5.97 Å². The van der Waals surface area contributed by atoms with E-state index in [2.05, 4.69) is 0 Å². The van der Waals surface area contributed by atoms with Crippen LogP contribution in [0.5, 0.6) is 0 Å². The summed E-state index contributed by atoms with van der Waals surface area (Å²) in [4.78, 5) is 11.7. The van der Waals surface area contributed by atoms with Crippen molar-refractivity contribution in [1.82, 2.24) is 0 Å². The van der Waals surface area contributed by atoms with E-state index in [1.807, 2.05) is 26.8 Å². The Balaban J connectivity index is 2.82. The smallest absolute Gasteiger partial charge is 0.342 e. The average Bonchev–Trinajstić information content (AvgIpc) is 2.41. The highest BCUT2D eigenvalue weighted by Crippen LogP contribution is 2.21. The summed E-state index contributed by atoms with van der Waals surface area (Å²) in [7, 11) is 0. The Kier molecular flexibility index (Phi) is 3.72. The van der Waals surface area contributed by atoms with Crippen molar-refractivity contribution in [3.05, 3.63) is 34.8 Å². The number of furan rings is 1. The van der Waals surface area contributed by atoms with Gasteiger partial charge in [-0.2, -0.15) is 0 Å². The molecule has 1 aromatic heterocycles. The van der Waals surface area contributed by atoms with Crippen LogP contribution in [0, 0.1) is 20.8 Å². The third-order valence-corrected chi connectivity index (χ3v) is 2.31. The molecule has 3 heteroatoms. The first kappa shape index (κ1) is 11.6. The maximum atomic E-state index is 11.7. The molecule has 3 nitrogen and oxygen atoms in total. The van der Waals surface area contributed by atoms with Crippen molar-refractivity contribution < 1.29 is 13.9 Å². The van der Waals surface area contributed by atoms with Gasteiger partial charge in [0.2, 0.25) is 0 Å². The summed E-state index contributed by atoms with van der Waals surface area (Å²) in [6.45, 7) is 7.65. The number of esters is 1. The van der Waals surface area contributed by atoms with Crippen LogP contribution in [-0.2, 0) is 4.74 Å². The van der Waals surface area contributed by atoms with Gasteiger partial charge in [-0.15, -0.1) is 0 Å². The summed E-state index contributed by atoms with van der Waals surface area (Å²) < 4.78 is 10.4. The molecule has 82 valence electrons. The van der Waals surface area contributed by atoms with Crippen LogP contribution < -0.4 is 0 Å². The number of aryl methyl sites for hydroxylation is 2. The highest BCUT2D eigenvalue weighted by Gasteiger charge is 2.19. The fourth-order valence-electron chi connectivity index (χ4n) is 1.39. The molecule has 1 aromatic rings. The van der Waals surface area contributed by atoms with Gasteiger partial charge in [0, 0.05) is 5.56 Å². The van der Waals surface area contributed by atoms with Gasteiger partial charge in [0.25, 0.3) is 0 Å². The summed E-state index contributed by atoms with van der Waals surface area (Å²) in [6, 6.07) is 0. The summed E-state index contributed by atoms with van der Waals surface area (Å²) in [6.07, 6.45) is 3.63. The van der Waals surface area contributed by atoms with E-state index in [1.165, 1.54) is 0 Å². The fourth-order valence-corrected chi connectivity index (χ4v) is 1.39. The predicted molar refractivity (Wildman–Crippen MR) is 58.0 cm³/mol. The minimum atomic E-state index is -0.319. The van der Waals surface area contributed by atoms with Crippen molar-refractivity contribution in [2.75, 3.05) is 6.61 Å². The maximum absolute atomic E-state index is 11.7. The molecular formula is C12H16O3. The lowest BCUT2D eigenvalue weighted by atomic mass is 10.1. The zero-order valence-corrected chi connectivity index (χ0v) is 9.59. The molecule has 1 rings (SSSR count). The van der Waals surface area contributed by atoms with Gasteiger partial charge in [0.15, 0.2) is 0 Å². The minimum absolute atomic E-state index is 0.304. The lowest BCUT2D eigenvalue weighted by Crippen LogP contribution is -2.07. The summed E-state index contributed by atoms with van der Waals surface area (Å²) in [5, 5.41) is 0. The molecule has 0 amide bonds. The second-order valence-corrected chi connectivity index (χ2v) is 3.38. The number of carbonyl (C=O) groups is 1. The second kappa shape index (κ2) is 4.82. The number of hydrogen-bond acceptors (Lipinski definition) is 3. The fraction of sp³-hybridized carbons (Fsp3) is 0.417. The highest BCUT2D eigenvalue weighted by atomic mass is 16.5. The third-order valence-electron chi connectivity index (χ3n) is 2.31. The van der Waals surface area contributed by atoms with Crippen LogP contribution >= 0.6 is 0 Å². The van der Waals surface area contributed by atoms with Crippen LogP contribution in [-0.4, -0.2) is 12.6 Å². The van der Waals surface area contributed by atoms with Gasteiger partial charge in [0.05, 0.1) is 0 Å². The molecule has 0 bridgehead atoms. The lowest BCUT2D eigenvalue weighted by Gasteiger charge is -2.01. The summed E-state index contributed by atoms with van der Waals surface area (Å²) in [5.41, 5.74) is 1.41. The topological polar surface area (TPSA) is 39.4 Å². The average molecular weight is 208 g/mol. The summed E-state index contributed by atoms with van der Waals surface area (Å²) >= 11 is 0. The van der Waals surface area contributed by atoms with E-state index < -0.39 is 0 Å². The van der Waals surface area contributed by atoms with Crippen molar-refractivity contribution in [1.29, 1.82) is 0 Å². The van der Waals surface area contributed by atoms with E-state index >= 15 is 0 Å². The first-order valence-electron chi connectivity index (χ1n) is 4.92. The Bertz CT molecular complexity index is 386. The highest BCUT2D eigenvalue weighted by molar-refractivity contribution is 5.92. The van der Waals surface area contributed by atoms with Gasteiger partial charge in [-0.3, -0.25) is 0 Å². The Morgan fingerprint density at radius 3 is 2.47 bits per heavy atom. The standard InChI is InChI=1S/C12H16O3/c1-5-6-7-14-12(13)11-8(2)9(3)15-10(11)4/h5-6H,7H2,1-4H3/b6-5+. The minimum Gasteiger partial charge on any atom is -0.465 e.